The van der Waals surface area contributed by atoms with Crippen molar-refractivity contribution >= 4 is 48.1 Å². The summed E-state index contributed by atoms with van der Waals surface area (Å²) in [6, 6.07) is 78.5. The summed E-state index contributed by atoms with van der Waals surface area (Å²) in [5.74, 6) is 0. The fourth-order valence-electron chi connectivity index (χ4n) is 8.30. The number of fused-ring (bicyclic) bond motifs is 2. The molecule has 0 unspecified atom stereocenters. The molecule has 0 bridgehead atoms. The van der Waals surface area contributed by atoms with E-state index in [1.165, 1.54) is 99.4 Å². The molecule has 0 spiro atoms. The van der Waals surface area contributed by atoms with E-state index in [-0.39, 0.29) is 0 Å². The SMILES string of the molecule is C[Si]C.Cc1cc2c(-c3ccccc3-c3ccccc3)c(-c3ccccc3)ccc2[cH-]1.Cc1cc2c(-c3ccccc3-c3ccccc3)c(-c3ccccc3)ccc2[cH-]1.[Cl][Zr+2][Cl]. The van der Waals surface area contributed by atoms with Gasteiger partial charge in [0.1, 0.15) is 0 Å². The van der Waals surface area contributed by atoms with E-state index in [1.54, 1.807) is 0 Å². The topological polar surface area (TPSA) is 0 Å². The zero-order chi connectivity index (χ0) is 43.3. The predicted molar refractivity (Wildman–Crippen MR) is 270 cm³/mol. The first-order valence-electron chi connectivity index (χ1n) is 20.8. The minimum absolute atomic E-state index is 0.826. The first-order valence-corrected chi connectivity index (χ1v) is 29.1. The van der Waals surface area contributed by atoms with Crippen molar-refractivity contribution in [1.82, 2.24) is 0 Å². The van der Waals surface area contributed by atoms with Gasteiger partial charge in [0.15, 0.2) is 0 Å². The maximum atomic E-state index is 4.93. The molecule has 4 heteroatoms. The Bertz CT molecular complexity index is 2750. The Labute approximate surface area is 389 Å². The van der Waals surface area contributed by atoms with Crippen LogP contribution in [0.15, 0.2) is 218 Å². The second-order valence-electron chi connectivity index (χ2n) is 15.2. The van der Waals surface area contributed by atoms with Gasteiger partial charge in [-0.2, -0.15) is 12.1 Å². The fraction of sp³-hybridized carbons (Fsp3) is 0.0690. The summed E-state index contributed by atoms with van der Waals surface area (Å²) in [6.07, 6.45) is 0. The van der Waals surface area contributed by atoms with Crippen molar-refractivity contribution in [2.45, 2.75) is 26.9 Å². The third-order valence-electron chi connectivity index (χ3n) is 10.8. The molecule has 2 radical (unpaired) electrons. The van der Waals surface area contributed by atoms with E-state index in [0.29, 0.717) is 0 Å². The van der Waals surface area contributed by atoms with Gasteiger partial charge in [-0.25, -0.2) is 0 Å². The van der Waals surface area contributed by atoms with E-state index >= 15 is 0 Å². The fourth-order valence-corrected chi connectivity index (χ4v) is 8.30. The number of rotatable bonds is 6. The molecule has 0 heterocycles. The molecule has 0 nitrogen and oxygen atoms in total. The molecule has 0 atom stereocenters. The molecule has 0 fully saturated rings. The summed E-state index contributed by atoms with van der Waals surface area (Å²) < 4.78 is 0. The van der Waals surface area contributed by atoms with Crippen molar-refractivity contribution in [3.63, 3.8) is 0 Å². The van der Waals surface area contributed by atoms with E-state index in [9.17, 15) is 0 Å². The van der Waals surface area contributed by atoms with Gasteiger partial charge >= 0.3 is 37.9 Å². The number of hydrogen-bond donors (Lipinski definition) is 0. The molecule has 0 aromatic heterocycles. The Morgan fingerprint density at radius 2 is 0.613 bits per heavy atom. The van der Waals surface area contributed by atoms with Crippen LogP contribution in [0.4, 0.5) is 0 Å². The maximum absolute atomic E-state index is 4.93. The van der Waals surface area contributed by atoms with Gasteiger partial charge in [-0.3, -0.25) is 0 Å². The zero-order valence-electron chi connectivity index (χ0n) is 35.5. The second-order valence-corrected chi connectivity index (χ2v) is 19.9. The van der Waals surface area contributed by atoms with E-state index in [1.807, 2.05) is 0 Å². The van der Waals surface area contributed by atoms with Gasteiger partial charge in [0.25, 0.3) is 0 Å². The average Bonchev–Trinajstić information content (AvgIpc) is 3.91. The molecular weight excluding hydrogens is 887 g/mol. The van der Waals surface area contributed by atoms with Gasteiger partial charge in [0.05, 0.1) is 0 Å². The standard InChI is InChI=1S/2C28H21.C2H6Si.2ClH.Zr/c2*1-20-18-23-16-17-25(22-12-6-3-7-13-22)28(27(23)19-20)26-15-9-8-14-24(26)21-10-4-2-5-11-21;1-3-2;;;/h2*2-19H,1H3;1-2H3;2*1H;/q2*-1;;;;+4/p-2. The Kier molecular flexibility index (Phi) is 16.0. The summed E-state index contributed by atoms with van der Waals surface area (Å²) in [4.78, 5) is 0. The normalized spacial score (nSPS) is 10.4. The molecule has 0 N–H and O–H groups in total. The molecular formula is C58H48Cl2SiZr. The number of hydrogen-bond acceptors (Lipinski definition) is 0. The molecule has 0 amide bonds. The van der Waals surface area contributed by atoms with Crippen molar-refractivity contribution in [3.8, 4) is 66.8 Å². The van der Waals surface area contributed by atoms with Crippen LogP contribution >= 0.6 is 17.0 Å². The van der Waals surface area contributed by atoms with Crippen LogP contribution in [-0.4, -0.2) is 9.52 Å². The molecule has 302 valence electrons. The van der Waals surface area contributed by atoms with Crippen LogP contribution in [0, 0.1) is 13.8 Å². The van der Waals surface area contributed by atoms with Crippen molar-refractivity contribution in [2.75, 3.05) is 0 Å². The van der Waals surface area contributed by atoms with Gasteiger partial charge < -0.3 is 0 Å². The second kappa shape index (κ2) is 22.1. The zero-order valence-corrected chi connectivity index (χ0v) is 40.5. The van der Waals surface area contributed by atoms with Crippen LogP contribution < -0.4 is 0 Å². The summed E-state index contributed by atoms with van der Waals surface area (Å²) in [5, 5.41) is 5.24. The summed E-state index contributed by atoms with van der Waals surface area (Å²) in [7, 11) is 11.0. The van der Waals surface area contributed by atoms with Crippen LogP contribution in [0.1, 0.15) is 11.1 Å². The molecule has 0 aliphatic carbocycles. The average molecular weight is 935 g/mol. The summed E-state index contributed by atoms with van der Waals surface area (Å²) >= 11 is -0.826. The third kappa shape index (κ3) is 10.5. The molecule has 10 aromatic rings. The van der Waals surface area contributed by atoms with E-state index in [2.05, 4.69) is 245 Å². The van der Waals surface area contributed by atoms with Crippen LogP contribution in [-0.2, 0) is 20.8 Å². The van der Waals surface area contributed by atoms with E-state index < -0.39 is 20.8 Å². The predicted octanol–water partition coefficient (Wildman–Crippen LogP) is 17.9. The monoisotopic (exact) mass is 932 g/mol. The molecule has 10 rings (SSSR count). The molecule has 0 aliphatic heterocycles. The van der Waals surface area contributed by atoms with Crippen molar-refractivity contribution in [1.29, 1.82) is 0 Å². The molecule has 0 aliphatic rings. The first-order chi connectivity index (χ1) is 30.4. The van der Waals surface area contributed by atoms with E-state index in [4.69, 9.17) is 17.0 Å². The first kappa shape index (κ1) is 44.7. The molecule has 0 saturated carbocycles. The van der Waals surface area contributed by atoms with Crippen molar-refractivity contribution in [2.24, 2.45) is 0 Å². The number of aryl methyl sites for hydroxylation is 2. The van der Waals surface area contributed by atoms with Crippen LogP contribution in [0.25, 0.3) is 88.3 Å². The Morgan fingerprint density at radius 1 is 0.355 bits per heavy atom. The van der Waals surface area contributed by atoms with Gasteiger partial charge in [0, 0.05) is 9.52 Å². The molecule has 0 saturated heterocycles. The molecule has 62 heavy (non-hydrogen) atoms. The number of halogens is 2. The quantitative estimate of drug-likeness (QED) is 0.115. The Morgan fingerprint density at radius 3 is 0.919 bits per heavy atom. The van der Waals surface area contributed by atoms with Crippen molar-refractivity contribution in [3.05, 3.63) is 230 Å². The Balaban J connectivity index is 0.000000166. The number of benzene rings is 8. The van der Waals surface area contributed by atoms with Crippen LogP contribution in [0.5, 0.6) is 0 Å². The van der Waals surface area contributed by atoms with Crippen molar-refractivity contribution < 1.29 is 20.8 Å². The van der Waals surface area contributed by atoms with Gasteiger partial charge in [-0.05, 0) is 55.6 Å². The summed E-state index contributed by atoms with van der Waals surface area (Å²) in [6.45, 7) is 8.66. The van der Waals surface area contributed by atoms with Crippen LogP contribution in [0.2, 0.25) is 13.1 Å². The van der Waals surface area contributed by atoms with Gasteiger partial charge in [-0.1, -0.05) is 220 Å². The minimum atomic E-state index is -0.826. The summed E-state index contributed by atoms with van der Waals surface area (Å²) in [5.41, 5.74) is 17.9. The van der Waals surface area contributed by atoms with Gasteiger partial charge in [-0.15, -0.1) is 56.9 Å². The molecule has 10 aromatic carbocycles. The van der Waals surface area contributed by atoms with Crippen LogP contribution in [0.3, 0.4) is 0 Å². The van der Waals surface area contributed by atoms with E-state index in [0.717, 1.165) is 9.52 Å². The van der Waals surface area contributed by atoms with Gasteiger partial charge in [0.2, 0.25) is 0 Å². The Hall–Kier alpha value is -5.34. The third-order valence-corrected chi connectivity index (χ3v) is 10.8.